The van der Waals surface area contributed by atoms with Gasteiger partial charge in [0.1, 0.15) is 0 Å². The van der Waals surface area contributed by atoms with Gasteiger partial charge >= 0.3 is 0 Å². The van der Waals surface area contributed by atoms with Crippen LogP contribution < -0.4 is 0 Å². The molecule has 0 spiro atoms. The van der Waals surface area contributed by atoms with E-state index in [1.165, 1.54) is 18.0 Å². The Morgan fingerprint density at radius 3 is 2.63 bits per heavy atom. The number of hydrogen-bond donors (Lipinski definition) is 0. The SMILES string of the molecule is Cc1c(Cl)cccc1-n1ccnc1SCC(=O)N1CCN(C(=O)c2ccco2)CC1. The normalized spacial score (nSPS) is 14.2. The number of furan rings is 1. The van der Waals surface area contributed by atoms with Crippen LogP contribution in [-0.2, 0) is 4.79 Å². The minimum absolute atomic E-state index is 0.0301. The summed E-state index contributed by atoms with van der Waals surface area (Å²) in [5, 5.41) is 1.43. The summed E-state index contributed by atoms with van der Waals surface area (Å²) in [4.78, 5) is 32.9. The average Bonchev–Trinajstić information content (AvgIpc) is 3.46. The van der Waals surface area contributed by atoms with Crippen molar-refractivity contribution in [2.24, 2.45) is 0 Å². The van der Waals surface area contributed by atoms with Crippen LogP contribution in [-0.4, -0.2) is 63.1 Å². The Balaban J connectivity index is 1.34. The summed E-state index contributed by atoms with van der Waals surface area (Å²) in [6, 6.07) is 9.07. The van der Waals surface area contributed by atoms with E-state index in [4.69, 9.17) is 16.0 Å². The number of imidazole rings is 1. The zero-order valence-electron chi connectivity index (χ0n) is 16.5. The second kappa shape index (κ2) is 8.97. The van der Waals surface area contributed by atoms with Crippen molar-refractivity contribution in [3.05, 3.63) is 65.3 Å². The number of nitrogens with zero attached hydrogens (tertiary/aromatic N) is 4. The Labute approximate surface area is 183 Å². The summed E-state index contributed by atoms with van der Waals surface area (Å²) < 4.78 is 7.12. The quantitative estimate of drug-likeness (QED) is 0.563. The molecule has 0 bridgehead atoms. The van der Waals surface area contributed by atoms with E-state index in [1.54, 1.807) is 28.1 Å². The van der Waals surface area contributed by atoms with E-state index in [-0.39, 0.29) is 17.6 Å². The molecule has 9 heteroatoms. The third-order valence-electron chi connectivity index (χ3n) is 5.08. The number of carbonyl (C=O) groups excluding carboxylic acids is 2. The fourth-order valence-electron chi connectivity index (χ4n) is 3.37. The lowest BCUT2D eigenvalue weighted by atomic mass is 10.2. The number of amides is 2. The van der Waals surface area contributed by atoms with Crippen molar-refractivity contribution in [2.45, 2.75) is 12.1 Å². The first-order valence-electron chi connectivity index (χ1n) is 9.57. The van der Waals surface area contributed by atoms with Crippen LogP contribution in [0.15, 0.2) is 58.6 Å². The third-order valence-corrected chi connectivity index (χ3v) is 6.44. The van der Waals surface area contributed by atoms with Crippen molar-refractivity contribution in [2.75, 3.05) is 31.9 Å². The second-order valence-electron chi connectivity index (χ2n) is 6.90. The molecule has 3 aromatic rings. The first-order valence-corrected chi connectivity index (χ1v) is 10.9. The molecule has 156 valence electrons. The first kappa shape index (κ1) is 20.6. The van der Waals surface area contributed by atoms with Crippen molar-refractivity contribution in [1.29, 1.82) is 0 Å². The monoisotopic (exact) mass is 444 g/mol. The van der Waals surface area contributed by atoms with Gasteiger partial charge < -0.3 is 14.2 Å². The highest BCUT2D eigenvalue weighted by atomic mass is 35.5. The van der Waals surface area contributed by atoms with E-state index in [1.807, 2.05) is 35.9 Å². The van der Waals surface area contributed by atoms with Gasteiger partial charge in [0.05, 0.1) is 17.7 Å². The number of halogens is 1. The Kier molecular flexibility index (Phi) is 6.15. The van der Waals surface area contributed by atoms with Gasteiger partial charge in [-0.25, -0.2) is 4.98 Å². The van der Waals surface area contributed by atoms with Gasteiger partial charge in [0.15, 0.2) is 10.9 Å². The first-order chi connectivity index (χ1) is 14.5. The van der Waals surface area contributed by atoms with Crippen LogP contribution >= 0.6 is 23.4 Å². The summed E-state index contributed by atoms with van der Waals surface area (Å²) in [5.74, 6) is 0.499. The molecule has 4 rings (SSSR count). The Morgan fingerprint density at radius 2 is 1.90 bits per heavy atom. The maximum absolute atomic E-state index is 12.7. The minimum atomic E-state index is -0.139. The van der Waals surface area contributed by atoms with Gasteiger partial charge in [-0.3, -0.25) is 14.2 Å². The molecule has 1 aromatic carbocycles. The van der Waals surface area contributed by atoms with E-state index in [0.717, 1.165) is 16.4 Å². The van der Waals surface area contributed by atoms with Gasteiger partial charge in [0, 0.05) is 43.6 Å². The summed E-state index contributed by atoms with van der Waals surface area (Å²) in [6.07, 6.45) is 5.07. The number of rotatable bonds is 5. The van der Waals surface area contributed by atoms with Gasteiger partial charge in [0.25, 0.3) is 5.91 Å². The molecule has 3 heterocycles. The van der Waals surface area contributed by atoms with E-state index in [0.29, 0.717) is 37.0 Å². The van der Waals surface area contributed by atoms with Gasteiger partial charge in [-0.15, -0.1) is 0 Å². The standard InChI is InChI=1S/C21H21ClN4O3S/c1-15-16(22)4-2-5-17(15)26-8-7-23-21(26)30-14-19(27)24-9-11-25(12-10-24)20(28)18-6-3-13-29-18/h2-8,13H,9-12,14H2,1H3. The molecule has 0 aliphatic carbocycles. The number of thioether (sulfide) groups is 1. The zero-order chi connectivity index (χ0) is 21.1. The highest BCUT2D eigenvalue weighted by molar-refractivity contribution is 7.99. The summed E-state index contributed by atoms with van der Waals surface area (Å²) in [7, 11) is 0. The number of aromatic nitrogens is 2. The molecule has 0 radical (unpaired) electrons. The van der Waals surface area contributed by atoms with E-state index < -0.39 is 0 Å². The maximum Gasteiger partial charge on any atom is 0.289 e. The topological polar surface area (TPSA) is 71.6 Å². The summed E-state index contributed by atoms with van der Waals surface area (Å²) in [6.45, 7) is 3.96. The molecule has 1 saturated heterocycles. The number of hydrogen-bond acceptors (Lipinski definition) is 5. The fourth-order valence-corrected chi connectivity index (χ4v) is 4.41. The van der Waals surface area contributed by atoms with E-state index >= 15 is 0 Å². The van der Waals surface area contributed by atoms with Crippen LogP contribution in [0, 0.1) is 6.92 Å². The number of piperazine rings is 1. The molecule has 0 unspecified atom stereocenters. The highest BCUT2D eigenvalue weighted by Crippen LogP contribution is 2.26. The minimum Gasteiger partial charge on any atom is -0.459 e. The Morgan fingerprint density at radius 1 is 1.13 bits per heavy atom. The van der Waals surface area contributed by atoms with Gasteiger partial charge in [-0.05, 0) is 36.8 Å². The Bertz CT molecular complexity index is 1040. The molecule has 1 aliphatic heterocycles. The molecular formula is C21H21ClN4O3S. The smallest absolute Gasteiger partial charge is 0.289 e. The third kappa shape index (κ3) is 4.24. The molecule has 0 saturated carbocycles. The lowest BCUT2D eigenvalue weighted by Crippen LogP contribution is -2.51. The average molecular weight is 445 g/mol. The van der Waals surface area contributed by atoms with Crippen molar-refractivity contribution in [3.8, 4) is 5.69 Å². The van der Waals surface area contributed by atoms with Crippen LogP contribution in [0.3, 0.4) is 0 Å². The summed E-state index contributed by atoms with van der Waals surface area (Å²) in [5.41, 5.74) is 1.91. The van der Waals surface area contributed by atoms with Gasteiger partial charge in [0.2, 0.25) is 5.91 Å². The van der Waals surface area contributed by atoms with E-state index in [9.17, 15) is 9.59 Å². The number of carbonyl (C=O) groups is 2. The van der Waals surface area contributed by atoms with Crippen LogP contribution in [0.2, 0.25) is 5.02 Å². The fraction of sp³-hybridized carbons (Fsp3) is 0.286. The largest absolute Gasteiger partial charge is 0.459 e. The number of benzene rings is 1. The van der Waals surface area contributed by atoms with Crippen LogP contribution in [0.4, 0.5) is 0 Å². The zero-order valence-corrected chi connectivity index (χ0v) is 18.0. The molecule has 1 fully saturated rings. The molecule has 1 aliphatic rings. The van der Waals surface area contributed by atoms with Crippen molar-refractivity contribution in [3.63, 3.8) is 0 Å². The van der Waals surface area contributed by atoms with Crippen molar-refractivity contribution in [1.82, 2.24) is 19.4 Å². The molecule has 0 N–H and O–H groups in total. The van der Waals surface area contributed by atoms with Gasteiger partial charge in [-0.1, -0.05) is 29.4 Å². The molecule has 0 atom stereocenters. The van der Waals surface area contributed by atoms with E-state index in [2.05, 4.69) is 4.98 Å². The molecule has 7 nitrogen and oxygen atoms in total. The predicted octanol–water partition coefficient (Wildman–Crippen LogP) is 3.50. The van der Waals surface area contributed by atoms with Crippen molar-refractivity contribution >= 4 is 35.2 Å². The lowest BCUT2D eigenvalue weighted by molar-refractivity contribution is -0.129. The van der Waals surface area contributed by atoms with Crippen LogP contribution in [0.25, 0.3) is 5.69 Å². The molecule has 2 amide bonds. The Hall–Kier alpha value is -2.71. The van der Waals surface area contributed by atoms with Gasteiger partial charge in [-0.2, -0.15) is 0 Å². The molecule has 2 aromatic heterocycles. The maximum atomic E-state index is 12.7. The molecular weight excluding hydrogens is 424 g/mol. The second-order valence-corrected chi connectivity index (χ2v) is 8.25. The highest BCUT2D eigenvalue weighted by Gasteiger charge is 2.26. The van der Waals surface area contributed by atoms with Crippen LogP contribution in [0.5, 0.6) is 0 Å². The predicted molar refractivity (Wildman–Crippen MR) is 115 cm³/mol. The van der Waals surface area contributed by atoms with Crippen molar-refractivity contribution < 1.29 is 14.0 Å². The molecule has 30 heavy (non-hydrogen) atoms. The van der Waals surface area contributed by atoms with Crippen LogP contribution in [0.1, 0.15) is 16.1 Å². The lowest BCUT2D eigenvalue weighted by Gasteiger charge is -2.34. The summed E-state index contributed by atoms with van der Waals surface area (Å²) >= 11 is 7.64.